The van der Waals surface area contributed by atoms with E-state index in [2.05, 4.69) is 11.0 Å². The van der Waals surface area contributed by atoms with Gasteiger partial charge in [0, 0.05) is 18.7 Å². The van der Waals surface area contributed by atoms with Crippen LogP contribution in [0.4, 0.5) is 0 Å². The van der Waals surface area contributed by atoms with Gasteiger partial charge in [-0.2, -0.15) is 5.26 Å². The lowest BCUT2D eigenvalue weighted by Gasteiger charge is -2.29. The molecule has 1 aliphatic rings. The predicted molar refractivity (Wildman–Crippen MR) is 77.1 cm³/mol. The maximum atomic E-state index is 9.42. The third-order valence-corrected chi connectivity index (χ3v) is 3.69. The van der Waals surface area contributed by atoms with E-state index in [1.807, 2.05) is 25.1 Å². The van der Waals surface area contributed by atoms with E-state index in [9.17, 15) is 5.11 Å². The number of aliphatic hydroxyl groups is 1. The lowest BCUT2D eigenvalue weighted by atomic mass is 9.99. The summed E-state index contributed by atoms with van der Waals surface area (Å²) in [6.45, 7) is 5.24. The molecule has 20 heavy (non-hydrogen) atoms. The van der Waals surface area contributed by atoms with Crippen LogP contribution in [0.25, 0.3) is 0 Å². The Hall–Kier alpha value is -1.57. The fraction of sp³-hybridized carbons (Fsp3) is 0.562. The summed E-state index contributed by atoms with van der Waals surface area (Å²) in [5, 5.41) is 18.4. The van der Waals surface area contributed by atoms with Gasteiger partial charge in [0.15, 0.2) is 0 Å². The van der Waals surface area contributed by atoms with Crippen LogP contribution in [0.3, 0.4) is 0 Å². The molecule has 0 amide bonds. The monoisotopic (exact) mass is 274 g/mol. The molecule has 0 spiro atoms. The smallest absolute Gasteiger partial charge is 0.124 e. The van der Waals surface area contributed by atoms with Crippen molar-refractivity contribution < 1.29 is 9.84 Å². The van der Waals surface area contributed by atoms with Crippen molar-refractivity contribution in [1.82, 2.24) is 4.90 Å². The largest absolute Gasteiger partial charge is 0.494 e. The molecular formula is C16H22N2O2. The Bertz CT molecular complexity index is 482. The highest BCUT2D eigenvalue weighted by molar-refractivity contribution is 5.37. The standard InChI is InChI=1S/C16H22N2O2/c1-2-20-16-6-5-13(8-15(16)12-19)10-18-7-3-4-14(9-17)11-18/h5-6,8,14,19H,2-4,7,10-12H2,1H3. The lowest BCUT2D eigenvalue weighted by molar-refractivity contribution is 0.192. The first-order valence-corrected chi connectivity index (χ1v) is 7.24. The van der Waals surface area contributed by atoms with Gasteiger partial charge >= 0.3 is 0 Å². The Morgan fingerprint density at radius 3 is 3.05 bits per heavy atom. The summed E-state index contributed by atoms with van der Waals surface area (Å²) in [6.07, 6.45) is 2.10. The summed E-state index contributed by atoms with van der Waals surface area (Å²) < 4.78 is 5.49. The second kappa shape index (κ2) is 7.28. The SMILES string of the molecule is CCOc1ccc(CN2CCCC(C#N)C2)cc1CO. The number of benzene rings is 1. The van der Waals surface area contributed by atoms with Crippen LogP contribution < -0.4 is 4.74 Å². The van der Waals surface area contributed by atoms with Crippen LogP contribution in [0.1, 0.15) is 30.9 Å². The molecular weight excluding hydrogens is 252 g/mol. The molecule has 2 rings (SSSR count). The molecule has 4 nitrogen and oxygen atoms in total. The van der Waals surface area contributed by atoms with Gasteiger partial charge in [-0.15, -0.1) is 0 Å². The molecule has 1 aromatic carbocycles. The van der Waals surface area contributed by atoms with E-state index in [4.69, 9.17) is 10.00 Å². The molecule has 0 aromatic heterocycles. The number of likely N-dealkylation sites (tertiary alicyclic amines) is 1. The van der Waals surface area contributed by atoms with E-state index in [0.717, 1.165) is 49.4 Å². The second-order valence-corrected chi connectivity index (χ2v) is 5.24. The molecule has 1 saturated heterocycles. The molecule has 4 heteroatoms. The van der Waals surface area contributed by atoms with Crippen molar-refractivity contribution in [2.45, 2.75) is 32.9 Å². The van der Waals surface area contributed by atoms with Crippen molar-refractivity contribution in [2.24, 2.45) is 5.92 Å². The molecule has 0 bridgehead atoms. The third-order valence-electron chi connectivity index (χ3n) is 3.69. The van der Waals surface area contributed by atoms with E-state index in [1.165, 1.54) is 0 Å². The second-order valence-electron chi connectivity index (χ2n) is 5.24. The number of ether oxygens (including phenoxy) is 1. The quantitative estimate of drug-likeness (QED) is 0.895. The molecule has 1 heterocycles. The summed E-state index contributed by atoms with van der Waals surface area (Å²) in [5.74, 6) is 0.913. The molecule has 1 unspecified atom stereocenters. The average molecular weight is 274 g/mol. The van der Waals surface area contributed by atoms with E-state index in [0.29, 0.717) is 6.61 Å². The number of piperidine rings is 1. The van der Waals surface area contributed by atoms with Crippen LogP contribution in [0.5, 0.6) is 5.75 Å². The average Bonchev–Trinajstić information content (AvgIpc) is 2.49. The van der Waals surface area contributed by atoms with Crippen molar-refractivity contribution in [3.05, 3.63) is 29.3 Å². The van der Waals surface area contributed by atoms with Gasteiger partial charge in [-0.3, -0.25) is 4.90 Å². The normalized spacial score (nSPS) is 19.6. The zero-order valence-electron chi connectivity index (χ0n) is 12.0. The first-order chi connectivity index (χ1) is 9.76. The molecule has 1 aliphatic heterocycles. The van der Waals surface area contributed by atoms with Crippen LogP contribution in [-0.4, -0.2) is 29.7 Å². The summed E-state index contributed by atoms with van der Waals surface area (Å²) in [6, 6.07) is 8.34. The van der Waals surface area contributed by atoms with Crippen molar-refractivity contribution in [2.75, 3.05) is 19.7 Å². The van der Waals surface area contributed by atoms with E-state index < -0.39 is 0 Å². The molecule has 108 valence electrons. The molecule has 0 saturated carbocycles. The minimum Gasteiger partial charge on any atom is -0.494 e. The van der Waals surface area contributed by atoms with E-state index in [-0.39, 0.29) is 12.5 Å². The van der Waals surface area contributed by atoms with Crippen LogP contribution in [0.15, 0.2) is 18.2 Å². The van der Waals surface area contributed by atoms with E-state index >= 15 is 0 Å². The van der Waals surface area contributed by atoms with Crippen LogP contribution in [0, 0.1) is 17.2 Å². The minimum atomic E-state index is -0.00993. The molecule has 1 aromatic rings. The van der Waals surface area contributed by atoms with Gasteiger partial charge in [0.1, 0.15) is 5.75 Å². The Morgan fingerprint density at radius 2 is 2.35 bits per heavy atom. The van der Waals surface area contributed by atoms with Crippen molar-refractivity contribution in [3.63, 3.8) is 0 Å². The number of nitrogens with zero attached hydrogens (tertiary/aromatic N) is 2. The molecule has 0 radical (unpaired) electrons. The van der Waals surface area contributed by atoms with Crippen molar-refractivity contribution >= 4 is 0 Å². The Balaban J connectivity index is 2.04. The Labute approximate surface area is 120 Å². The Morgan fingerprint density at radius 1 is 1.50 bits per heavy atom. The van der Waals surface area contributed by atoms with Crippen molar-refractivity contribution in [1.29, 1.82) is 5.26 Å². The highest BCUT2D eigenvalue weighted by atomic mass is 16.5. The van der Waals surface area contributed by atoms with Crippen LogP contribution >= 0.6 is 0 Å². The molecule has 1 atom stereocenters. The first kappa shape index (κ1) is 14.8. The fourth-order valence-electron chi connectivity index (χ4n) is 2.71. The van der Waals surface area contributed by atoms with Gasteiger partial charge in [0.2, 0.25) is 0 Å². The summed E-state index contributed by atoms with van der Waals surface area (Å²) in [4.78, 5) is 2.31. The van der Waals surface area contributed by atoms with Gasteiger partial charge in [-0.1, -0.05) is 6.07 Å². The minimum absolute atomic E-state index is 0.00993. The van der Waals surface area contributed by atoms with Crippen LogP contribution in [0.2, 0.25) is 0 Å². The lowest BCUT2D eigenvalue weighted by Crippen LogP contribution is -2.34. The highest BCUT2D eigenvalue weighted by Gasteiger charge is 2.19. The highest BCUT2D eigenvalue weighted by Crippen LogP contribution is 2.23. The Kier molecular flexibility index (Phi) is 5.40. The maximum absolute atomic E-state index is 9.42. The zero-order valence-corrected chi connectivity index (χ0v) is 12.0. The van der Waals surface area contributed by atoms with Gasteiger partial charge < -0.3 is 9.84 Å². The maximum Gasteiger partial charge on any atom is 0.124 e. The number of hydrogen-bond acceptors (Lipinski definition) is 4. The summed E-state index contributed by atoms with van der Waals surface area (Å²) in [7, 11) is 0. The topological polar surface area (TPSA) is 56.5 Å². The first-order valence-electron chi connectivity index (χ1n) is 7.24. The number of aliphatic hydroxyl groups excluding tert-OH is 1. The van der Waals surface area contributed by atoms with Gasteiger partial charge in [-0.05, 0) is 44.0 Å². The third kappa shape index (κ3) is 3.72. The summed E-state index contributed by atoms with van der Waals surface area (Å²) >= 11 is 0. The van der Waals surface area contributed by atoms with Crippen LogP contribution in [-0.2, 0) is 13.2 Å². The van der Waals surface area contributed by atoms with Crippen molar-refractivity contribution in [3.8, 4) is 11.8 Å². The zero-order chi connectivity index (χ0) is 14.4. The van der Waals surface area contributed by atoms with E-state index in [1.54, 1.807) is 0 Å². The predicted octanol–water partition coefficient (Wildman–Crippen LogP) is 2.31. The fourth-order valence-corrected chi connectivity index (χ4v) is 2.71. The molecule has 1 N–H and O–H groups in total. The number of rotatable bonds is 5. The molecule has 0 aliphatic carbocycles. The van der Waals surface area contributed by atoms with Gasteiger partial charge in [0.25, 0.3) is 0 Å². The van der Waals surface area contributed by atoms with Gasteiger partial charge in [0.05, 0.1) is 25.2 Å². The summed E-state index contributed by atoms with van der Waals surface area (Å²) in [5.41, 5.74) is 1.99. The number of hydrogen-bond donors (Lipinski definition) is 1. The van der Waals surface area contributed by atoms with Gasteiger partial charge in [-0.25, -0.2) is 0 Å². The number of nitriles is 1. The molecule has 1 fully saturated rings.